The summed E-state index contributed by atoms with van der Waals surface area (Å²) >= 11 is 0. The van der Waals surface area contributed by atoms with Gasteiger partial charge in [0.2, 0.25) is 0 Å². The lowest BCUT2D eigenvalue weighted by molar-refractivity contribution is 0.251. The number of carbonyl (C=O) groups is 1. The van der Waals surface area contributed by atoms with Gasteiger partial charge in [-0.05, 0) is 39.2 Å². The highest BCUT2D eigenvalue weighted by Crippen LogP contribution is 2.22. The van der Waals surface area contributed by atoms with Crippen molar-refractivity contribution in [3.8, 4) is 5.75 Å². The topological polar surface area (TPSA) is 53.6 Å². The molecule has 0 spiro atoms. The van der Waals surface area contributed by atoms with Crippen molar-refractivity contribution >= 4 is 11.7 Å². The number of methoxy groups -OCH3 is 1. The lowest BCUT2D eigenvalue weighted by Gasteiger charge is -2.12. The fourth-order valence-electron chi connectivity index (χ4n) is 1.51. The van der Waals surface area contributed by atoms with E-state index in [1.165, 1.54) is 0 Å². The predicted octanol–water partition coefficient (Wildman–Crippen LogP) is 1.77. The highest BCUT2D eigenvalue weighted by Gasteiger charge is 2.05. The van der Waals surface area contributed by atoms with E-state index in [2.05, 4.69) is 15.5 Å². The lowest BCUT2D eigenvalue weighted by Crippen LogP contribution is -2.31. The summed E-state index contributed by atoms with van der Waals surface area (Å²) in [5.74, 6) is 0.654. The molecule has 0 aliphatic heterocycles. The summed E-state index contributed by atoms with van der Waals surface area (Å²) in [6, 6.07) is 7.11. The first-order valence-electron chi connectivity index (χ1n) is 5.96. The van der Waals surface area contributed by atoms with Crippen LogP contribution in [0.3, 0.4) is 0 Å². The second kappa shape index (κ2) is 7.55. The Hall–Kier alpha value is -1.75. The minimum absolute atomic E-state index is 0.210. The van der Waals surface area contributed by atoms with E-state index < -0.39 is 0 Å². The van der Waals surface area contributed by atoms with Crippen LogP contribution in [0.25, 0.3) is 0 Å². The molecule has 0 unspecified atom stereocenters. The summed E-state index contributed by atoms with van der Waals surface area (Å²) in [4.78, 5) is 13.7. The van der Waals surface area contributed by atoms with E-state index in [4.69, 9.17) is 4.74 Å². The fraction of sp³-hybridized carbons (Fsp3) is 0.462. The Kier molecular flexibility index (Phi) is 6.00. The van der Waals surface area contributed by atoms with Crippen molar-refractivity contribution in [2.24, 2.45) is 0 Å². The number of urea groups is 1. The Morgan fingerprint density at radius 1 is 1.33 bits per heavy atom. The first kappa shape index (κ1) is 14.3. The maximum atomic E-state index is 11.6. The second-order valence-corrected chi connectivity index (χ2v) is 4.24. The number of anilines is 1. The second-order valence-electron chi connectivity index (χ2n) is 4.24. The van der Waals surface area contributed by atoms with Crippen LogP contribution in [-0.4, -0.2) is 45.2 Å². The maximum Gasteiger partial charge on any atom is 0.319 e. The largest absolute Gasteiger partial charge is 0.495 e. The zero-order valence-corrected chi connectivity index (χ0v) is 11.2. The van der Waals surface area contributed by atoms with Crippen molar-refractivity contribution in [1.29, 1.82) is 0 Å². The van der Waals surface area contributed by atoms with Crippen molar-refractivity contribution in [1.82, 2.24) is 10.2 Å². The maximum absolute atomic E-state index is 11.6. The van der Waals surface area contributed by atoms with Crippen LogP contribution in [0.1, 0.15) is 6.42 Å². The Morgan fingerprint density at radius 3 is 2.72 bits per heavy atom. The lowest BCUT2D eigenvalue weighted by atomic mass is 10.3. The van der Waals surface area contributed by atoms with E-state index in [0.717, 1.165) is 13.0 Å². The molecule has 100 valence electrons. The van der Waals surface area contributed by atoms with E-state index in [0.29, 0.717) is 18.0 Å². The molecule has 1 rings (SSSR count). The molecule has 0 bridgehead atoms. The molecular weight excluding hydrogens is 230 g/mol. The third kappa shape index (κ3) is 5.05. The Morgan fingerprint density at radius 2 is 2.06 bits per heavy atom. The molecular formula is C13H21N3O2. The number of hydrogen-bond donors (Lipinski definition) is 2. The number of nitrogens with one attached hydrogen (secondary N) is 2. The van der Waals surface area contributed by atoms with Crippen LogP contribution in [0.15, 0.2) is 24.3 Å². The van der Waals surface area contributed by atoms with Crippen LogP contribution in [0.2, 0.25) is 0 Å². The number of para-hydroxylation sites is 2. The van der Waals surface area contributed by atoms with E-state index in [9.17, 15) is 4.79 Å². The van der Waals surface area contributed by atoms with Crippen LogP contribution < -0.4 is 15.4 Å². The van der Waals surface area contributed by atoms with Gasteiger partial charge in [0.25, 0.3) is 0 Å². The van der Waals surface area contributed by atoms with Crippen molar-refractivity contribution < 1.29 is 9.53 Å². The summed E-state index contributed by atoms with van der Waals surface area (Å²) in [6.07, 6.45) is 0.923. The third-order valence-electron chi connectivity index (χ3n) is 2.42. The summed E-state index contributed by atoms with van der Waals surface area (Å²) < 4.78 is 5.15. The standard InChI is InChI=1S/C13H21N3O2/c1-16(2)10-6-9-14-13(17)15-11-7-4-5-8-12(11)18-3/h4-5,7-8H,6,9-10H2,1-3H3,(H2,14,15,17). The summed E-state index contributed by atoms with van der Waals surface area (Å²) in [7, 11) is 5.60. The van der Waals surface area contributed by atoms with Crippen molar-refractivity contribution in [3.63, 3.8) is 0 Å². The molecule has 18 heavy (non-hydrogen) atoms. The highest BCUT2D eigenvalue weighted by atomic mass is 16.5. The number of benzene rings is 1. The van der Waals surface area contributed by atoms with Gasteiger partial charge in [-0.25, -0.2) is 4.79 Å². The number of nitrogens with zero attached hydrogens (tertiary/aromatic N) is 1. The van der Waals surface area contributed by atoms with Gasteiger partial charge in [-0.3, -0.25) is 0 Å². The van der Waals surface area contributed by atoms with Crippen LogP contribution in [0, 0.1) is 0 Å². The molecule has 0 fully saturated rings. The third-order valence-corrected chi connectivity index (χ3v) is 2.42. The minimum atomic E-state index is -0.210. The Labute approximate surface area is 108 Å². The zero-order valence-electron chi connectivity index (χ0n) is 11.2. The van der Waals surface area contributed by atoms with Crippen molar-refractivity contribution in [2.75, 3.05) is 39.6 Å². The number of ether oxygens (including phenoxy) is 1. The Bertz CT molecular complexity index is 380. The zero-order chi connectivity index (χ0) is 13.4. The highest BCUT2D eigenvalue weighted by molar-refractivity contribution is 5.90. The van der Waals surface area contributed by atoms with Gasteiger partial charge in [0.05, 0.1) is 12.8 Å². The predicted molar refractivity (Wildman–Crippen MR) is 73.2 cm³/mol. The molecule has 0 atom stereocenters. The van der Waals surface area contributed by atoms with E-state index in [1.807, 2.05) is 32.3 Å². The molecule has 5 nitrogen and oxygen atoms in total. The molecule has 0 aliphatic rings. The normalized spacial score (nSPS) is 10.2. The monoisotopic (exact) mass is 251 g/mol. The molecule has 0 radical (unpaired) electrons. The molecule has 0 aromatic heterocycles. The van der Waals surface area contributed by atoms with Gasteiger partial charge < -0.3 is 20.3 Å². The summed E-state index contributed by atoms with van der Waals surface area (Å²) in [5, 5.41) is 5.57. The average Bonchev–Trinajstić information content (AvgIpc) is 2.35. The molecule has 0 aliphatic carbocycles. The fourth-order valence-corrected chi connectivity index (χ4v) is 1.51. The van der Waals surface area contributed by atoms with Crippen LogP contribution >= 0.6 is 0 Å². The van der Waals surface area contributed by atoms with Crippen LogP contribution in [0.4, 0.5) is 10.5 Å². The van der Waals surface area contributed by atoms with Gasteiger partial charge >= 0.3 is 6.03 Å². The molecule has 5 heteroatoms. The SMILES string of the molecule is COc1ccccc1NC(=O)NCCCN(C)C. The molecule has 1 aromatic carbocycles. The first-order chi connectivity index (χ1) is 8.63. The van der Waals surface area contributed by atoms with Gasteiger partial charge in [0, 0.05) is 6.54 Å². The van der Waals surface area contributed by atoms with Crippen LogP contribution in [0.5, 0.6) is 5.75 Å². The van der Waals surface area contributed by atoms with Crippen LogP contribution in [-0.2, 0) is 0 Å². The van der Waals surface area contributed by atoms with Gasteiger partial charge in [0.1, 0.15) is 5.75 Å². The van der Waals surface area contributed by atoms with Gasteiger partial charge in [-0.2, -0.15) is 0 Å². The number of carbonyl (C=O) groups excluding carboxylic acids is 1. The smallest absolute Gasteiger partial charge is 0.319 e. The molecule has 2 N–H and O–H groups in total. The molecule has 0 saturated carbocycles. The van der Waals surface area contributed by atoms with E-state index in [-0.39, 0.29) is 6.03 Å². The quantitative estimate of drug-likeness (QED) is 0.758. The van der Waals surface area contributed by atoms with E-state index >= 15 is 0 Å². The number of rotatable bonds is 6. The molecule has 0 heterocycles. The molecule has 0 saturated heterocycles. The van der Waals surface area contributed by atoms with Crippen molar-refractivity contribution in [3.05, 3.63) is 24.3 Å². The minimum Gasteiger partial charge on any atom is -0.495 e. The average molecular weight is 251 g/mol. The molecule has 1 aromatic rings. The number of hydrogen-bond acceptors (Lipinski definition) is 3. The van der Waals surface area contributed by atoms with Gasteiger partial charge in [-0.1, -0.05) is 12.1 Å². The van der Waals surface area contributed by atoms with Gasteiger partial charge in [-0.15, -0.1) is 0 Å². The van der Waals surface area contributed by atoms with Gasteiger partial charge in [0.15, 0.2) is 0 Å². The summed E-state index contributed by atoms with van der Waals surface area (Å²) in [6.45, 7) is 1.61. The van der Waals surface area contributed by atoms with Crippen molar-refractivity contribution in [2.45, 2.75) is 6.42 Å². The van der Waals surface area contributed by atoms with E-state index in [1.54, 1.807) is 13.2 Å². The first-order valence-corrected chi connectivity index (χ1v) is 5.96. The molecule has 2 amide bonds. The Balaban J connectivity index is 2.35. The summed E-state index contributed by atoms with van der Waals surface area (Å²) in [5.41, 5.74) is 0.671. The number of amides is 2.